The summed E-state index contributed by atoms with van der Waals surface area (Å²) in [5, 5.41) is 7.48. The number of nitrogens with one attached hydrogen (secondary N) is 1. The van der Waals surface area contributed by atoms with E-state index in [0.717, 1.165) is 31.6 Å². The Morgan fingerprint density at radius 2 is 2.10 bits per heavy atom. The second kappa shape index (κ2) is 8.42. The molecule has 0 spiro atoms. The van der Waals surface area contributed by atoms with Crippen molar-refractivity contribution < 1.29 is 0 Å². The molecule has 0 saturated heterocycles. The van der Waals surface area contributed by atoms with Crippen molar-refractivity contribution in [3.05, 3.63) is 21.0 Å². The third kappa shape index (κ3) is 5.63. The Morgan fingerprint density at radius 1 is 1.40 bits per heavy atom. The maximum atomic E-state index is 12.1. The van der Waals surface area contributed by atoms with Crippen LogP contribution in [0.2, 0.25) is 0 Å². The molecular formula is C14H25BrN4O. The minimum absolute atomic E-state index is 0.0722. The van der Waals surface area contributed by atoms with Gasteiger partial charge in [-0.05, 0) is 55.3 Å². The molecule has 0 aliphatic rings. The first-order chi connectivity index (χ1) is 9.41. The molecule has 0 unspecified atom stereocenters. The number of hydrogen-bond acceptors (Lipinski definition) is 4. The second-order valence-corrected chi connectivity index (χ2v) is 6.48. The summed E-state index contributed by atoms with van der Waals surface area (Å²) in [5.41, 5.74) is 0.705. The summed E-state index contributed by atoms with van der Waals surface area (Å²) in [6, 6.07) is 0. The van der Waals surface area contributed by atoms with Crippen molar-refractivity contribution in [2.45, 2.75) is 33.2 Å². The van der Waals surface area contributed by atoms with Gasteiger partial charge in [0, 0.05) is 13.1 Å². The zero-order valence-electron chi connectivity index (χ0n) is 12.8. The largest absolute Gasteiger partial charge is 0.383 e. The molecule has 0 fully saturated rings. The van der Waals surface area contributed by atoms with Gasteiger partial charge < -0.3 is 10.2 Å². The third-order valence-corrected chi connectivity index (χ3v) is 3.64. The number of aromatic nitrogens is 2. The van der Waals surface area contributed by atoms with Crippen LogP contribution in [-0.4, -0.2) is 41.9 Å². The summed E-state index contributed by atoms with van der Waals surface area (Å²) < 4.78 is 2.08. The van der Waals surface area contributed by atoms with E-state index in [1.54, 1.807) is 6.20 Å². The molecule has 1 heterocycles. The molecule has 6 heteroatoms. The maximum absolute atomic E-state index is 12.1. The van der Waals surface area contributed by atoms with Gasteiger partial charge in [0.15, 0.2) is 0 Å². The van der Waals surface area contributed by atoms with E-state index in [4.69, 9.17) is 0 Å². The second-order valence-electron chi connectivity index (χ2n) is 5.69. The molecule has 0 aromatic carbocycles. The van der Waals surface area contributed by atoms with Gasteiger partial charge in [0.25, 0.3) is 5.56 Å². The molecule has 1 rings (SSSR count). The molecule has 0 saturated carbocycles. The highest BCUT2D eigenvalue weighted by Gasteiger charge is 2.09. The van der Waals surface area contributed by atoms with Gasteiger partial charge >= 0.3 is 0 Å². The number of rotatable bonds is 8. The average Bonchev–Trinajstić information content (AvgIpc) is 2.36. The average molecular weight is 345 g/mol. The molecule has 0 radical (unpaired) electrons. The number of halogens is 1. The van der Waals surface area contributed by atoms with Gasteiger partial charge in [-0.2, -0.15) is 5.10 Å². The van der Waals surface area contributed by atoms with Gasteiger partial charge in [0.2, 0.25) is 0 Å². The molecule has 0 aliphatic heterocycles. The van der Waals surface area contributed by atoms with Gasteiger partial charge in [-0.3, -0.25) is 4.79 Å². The van der Waals surface area contributed by atoms with E-state index in [2.05, 4.69) is 59.2 Å². The van der Waals surface area contributed by atoms with Crippen LogP contribution < -0.4 is 10.9 Å². The number of anilines is 1. The Morgan fingerprint density at radius 3 is 2.70 bits per heavy atom. The highest BCUT2D eigenvalue weighted by molar-refractivity contribution is 9.10. The van der Waals surface area contributed by atoms with Crippen molar-refractivity contribution in [2.75, 3.05) is 32.5 Å². The van der Waals surface area contributed by atoms with Crippen LogP contribution in [0, 0.1) is 5.92 Å². The van der Waals surface area contributed by atoms with Crippen LogP contribution in [0.15, 0.2) is 15.5 Å². The van der Waals surface area contributed by atoms with E-state index in [0.29, 0.717) is 16.9 Å². The fourth-order valence-corrected chi connectivity index (χ4v) is 2.29. The summed E-state index contributed by atoms with van der Waals surface area (Å²) in [6.45, 7) is 6.71. The normalized spacial score (nSPS) is 11.3. The molecule has 0 aliphatic carbocycles. The Balaban J connectivity index is 2.55. The van der Waals surface area contributed by atoms with E-state index >= 15 is 0 Å². The molecule has 5 nitrogen and oxygen atoms in total. The number of unbranched alkanes of at least 4 members (excludes halogenated alkanes) is 1. The van der Waals surface area contributed by atoms with Crippen molar-refractivity contribution >= 4 is 21.6 Å². The zero-order chi connectivity index (χ0) is 15.1. The summed E-state index contributed by atoms with van der Waals surface area (Å²) in [4.78, 5) is 14.3. The Kier molecular flexibility index (Phi) is 7.23. The van der Waals surface area contributed by atoms with E-state index < -0.39 is 0 Å². The number of nitrogens with zero attached hydrogens (tertiary/aromatic N) is 3. The van der Waals surface area contributed by atoms with Crippen molar-refractivity contribution in [2.24, 2.45) is 5.92 Å². The monoisotopic (exact) mass is 344 g/mol. The van der Waals surface area contributed by atoms with Crippen LogP contribution in [0.5, 0.6) is 0 Å². The lowest BCUT2D eigenvalue weighted by Gasteiger charge is -2.12. The van der Waals surface area contributed by atoms with Crippen LogP contribution in [-0.2, 0) is 6.54 Å². The van der Waals surface area contributed by atoms with Crippen LogP contribution in [0.25, 0.3) is 0 Å². The predicted molar refractivity (Wildman–Crippen MR) is 87.3 cm³/mol. The molecule has 1 aromatic rings. The van der Waals surface area contributed by atoms with Crippen molar-refractivity contribution in [3.63, 3.8) is 0 Å². The smallest absolute Gasteiger partial charge is 0.283 e. The molecule has 0 atom stereocenters. The van der Waals surface area contributed by atoms with Gasteiger partial charge in [-0.1, -0.05) is 13.8 Å². The minimum atomic E-state index is -0.0722. The van der Waals surface area contributed by atoms with Crippen molar-refractivity contribution in [1.29, 1.82) is 0 Å². The van der Waals surface area contributed by atoms with Gasteiger partial charge in [0.1, 0.15) is 4.47 Å². The fourth-order valence-electron chi connectivity index (χ4n) is 1.84. The van der Waals surface area contributed by atoms with E-state index in [1.165, 1.54) is 4.68 Å². The van der Waals surface area contributed by atoms with E-state index in [-0.39, 0.29) is 5.56 Å². The molecule has 0 bridgehead atoms. The summed E-state index contributed by atoms with van der Waals surface area (Å²) in [7, 11) is 4.14. The highest BCUT2D eigenvalue weighted by Crippen LogP contribution is 2.16. The standard InChI is InChI=1S/C14H25BrN4O/c1-11(2)10-19-14(20)13(15)12(9-17-19)16-7-5-6-8-18(3)4/h9,11,16H,5-8,10H2,1-4H3. The SMILES string of the molecule is CC(C)Cn1ncc(NCCCCN(C)C)c(Br)c1=O. The van der Waals surface area contributed by atoms with Crippen LogP contribution in [0.4, 0.5) is 5.69 Å². The van der Waals surface area contributed by atoms with Crippen molar-refractivity contribution in [1.82, 2.24) is 14.7 Å². The highest BCUT2D eigenvalue weighted by atomic mass is 79.9. The first-order valence-corrected chi connectivity index (χ1v) is 7.85. The van der Waals surface area contributed by atoms with E-state index in [1.807, 2.05) is 0 Å². The number of hydrogen-bond donors (Lipinski definition) is 1. The lowest BCUT2D eigenvalue weighted by Crippen LogP contribution is -2.26. The zero-order valence-corrected chi connectivity index (χ0v) is 14.4. The lowest BCUT2D eigenvalue weighted by molar-refractivity contribution is 0.396. The first-order valence-electron chi connectivity index (χ1n) is 7.06. The summed E-state index contributed by atoms with van der Waals surface area (Å²) in [5.74, 6) is 0.400. The lowest BCUT2D eigenvalue weighted by atomic mass is 10.2. The molecule has 1 aromatic heterocycles. The van der Waals surface area contributed by atoms with Gasteiger partial charge in [-0.25, -0.2) is 4.68 Å². The predicted octanol–water partition coefficient (Wildman–Crippen LogP) is 2.42. The van der Waals surface area contributed by atoms with Gasteiger partial charge in [0.05, 0.1) is 11.9 Å². The minimum Gasteiger partial charge on any atom is -0.383 e. The van der Waals surface area contributed by atoms with Crippen LogP contribution in [0.1, 0.15) is 26.7 Å². The first kappa shape index (κ1) is 17.2. The molecule has 0 amide bonds. The quantitative estimate of drug-likeness (QED) is 0.735. The van der Waals surface area contributed by atoms with Crippen LogP contribution >= 0.6 is 15.9 Å². The van der Waals surface area contributed by atoms with Gasteiger partial charge in [-0.15, -0.1) is 0 Å². The Hall–Kier alpha value is -0.880. The van der Waals surface area contributed by atoms with Crippen LogP contribution in [0.3, 0.4) is 0 Å². The summed E-state index contributed by atoms with van der Waals surface area (Å²) in [6.07, 6.45) is 3.93. The Labute approximate surface area is 129 Å². The Bertz CT molecular complexity index is 471. The van der Waals surface area contributed by atoms with E-state index in [9.17, 15) is 4.79 Å². The molecular weight excluding hydrogens is 320 g/mol. The van der Waals surface area contributed by atoms with Crippen molar-refractivity contribution in [3.8, 4) is 0 Å². The molecule has 1 N–H and O–H groups in total. The molecule has 114 valence electrons. The molecule has 20 heavy (non-hydrogen) atoms. The topological polar surface area (TPSA) is 50.2 Å². The third-order valence-electron chi connectivity index (χ3n) is 2.87. The summed E-state index contributed by atoms with van der Waals surface area (Å²) >= 11 is 3.37. The fraction of sp³-hybridized carbons (Fsp3) is 0.714. The maximum Gasteiger partial charge on any atom is 0.283 e.